The Hall–Kier alpha value is -3.23. The van der Waals surface area contributed by atoms with Crippen molar-refractivity contribution in [2.75, 3.05) is 19.7 Å². The molecule has 2 aliphatic heterocycles. The van der Waals surface area contributed by atoms with Crippen molar-refractivity contribution in [3.8, 4) is 16.9 Å². The van der Waals surface area contributed by atoms with Crippen LogP contribution in [0, 0.1) is 0 Å². The van der Waals surface area contributed by atoms with Crippen molar-refractivity contribution in [2.24, 2.45) is 0 Å². The molecule has 2 amide bonds. The summed E-state index contributed by atoms with van der Waals surface area (Å²) in [5.41, 5.74) is 0.760. The second-order valence-electron chi connectivity index (χ2n) is 9.84. The minimum absolute atomic E-state index is 0.162. The first kappa shape index (κ1) is 24.9. The van der Waals surface area contributed by atoms with Crippen LogP contribution in [0.3, 0.4) is 0 Å². The first-order chi connectivity index (χ1) is 16.4. The average molecular weight is 491 g/mol. The van der Waals surface area contributed by atoms with E-state index >= 15 is 0 Å². The second-order valence-corrected chi connectivity index (χ2v) is 9.84. The van der Waals surface area contributed by atoms with Gasteiger partial charge in [-0.3, -0.25) is 9.69 Å². The van der Waals surface area contributed by atoms with Crippen LogP contribution >= 0.6 is 0 Å². The number of benzene rings is 2. The van der Waals surface area contributed by atoms with Gasteiger partial charge in [0.05, 0.1) is 12.1 Å². The van der Waals surface area contributed by atoms with E-state index in [0.29, 0.717) is 43.9 Å². The number of hydrogen-bond donors (Lipinski definition) is 0. The molecule has 9 heteroatoms. The molecule has 2 heterocycles. The Morgan fingerprint density at radius 3 is 2.34 bits per heavy atom. The van der Waals surface area contributed by atoms with Gasteiger partial charge in [0.2, 0.25) is 5.91 Å². The minimum atomic E-state index is -4.39. The molecule has 188 valence electrons. The summed E-state index contributed by atoms with van der Waals surface area (Å²) in [7, 11) is 0. The smallest absolute Gasteiger partial charge is 0.416 e. The van der Waals surface area contributed by atoms with E-state index in [0.717, 1.165) is 23.3 Å². The van der Waals surface area contributed by atoms with Crippen molar-refractivity contribution in [1.82, 2.24) is 9.80 Å². The van der Waals surface area contributed by atoms with Gasteiger partial charge in [-0.15, -0.1) is 0 Å². The zero-order valence-electron chi connectivity index (χ0n) is 20.0. The summed E-state index contributed by atoms with van der Waals surface area (Å²) in [4.78, 5) is 29.3. The summed E-state index contributed by atoms with van der Waals surface area (Å²) in [6.45, 7) is 6.77. The Bertz CT molecular complexity index is 1090. The van der Waals surface area contributed by atoms with Crippen molar-refractivity contribution < 1.29 is 32.2 Å². The number of amides is 2. The SMILES string of the molecule is CC(C)(C)OC(=O)N1CCCC1C(=O)N1CCOc2ccc(-c3ccc(C(F)(F)F)cc3)cc2C1. The fourth-order valence-corrected chi connectivity index (χ4v) is 4.39. The third-order valence-electron chi connectivity index (χ3n) is 6.06. The number of hydrogen-bond acceptors (Lipinski definition) is 4. The highest BCUT2D eigenvalue weighted by molar-refractivity contribution is 5.86. The second kappa shape index (κ2) is 9.43. The topological polar surface area (TPSA) is 59.1 Å². The predicted molar refractivity (Wildman–Crippen MR) is 124 cm³/mol. The van der Waals surface area contributed by atoms with E-state index < -0.39 is 29.5 Å². The molecule has 1 fully saturated rings. The Morgan fingerprint density at radius 2 is 1.69 bits per heavy atom. The molecule has 2 aliphatic rings. The lowest BCUT2D eigenvalue weighted by molar-refractivity contribution is -0.138. The molecule has 0 aromatic heterocycles. The molecule has 0 bridgehead atoms. The summed E-state index contributed by atoms with van der Waals surface area (Å²) < 4.78 is 50.1. The van der Waals surface area contributed by atoms with Crippen LogP contribution in [0.5, 0.6) is 5.75 Å². The van der Waals surface area contributed by atoms with Crippen LogP contribution in [0.4, 0.5) is 18.0 Å². The molecule has 1 atom stereocenters. The maximum Gasteiger partial charge on any atom is 0.416 e. The van der Waals surface area contributed by atoms with Crippen LogP contribution in [0.1, 0.15) is 44.7 Å². The first-order valence-electron chi connectivity index (χ1n) is 11.6. The Labute approximate surface area is 202 Å². The van der Waals surface area contributed by atoms with Crippen molar-refractivity contribution >= 4 is 12.0 Å². The standard InChI is InChI=1S/C26H29F3N2O4/c1-25(2,3)35-24(33)31-12-4-5-21(31)23(32)30-13-14-34-22-11-8-18(15-19(22)16-30)17-6-9-20(10-7-17)26(27,28)29/h6-11,15,21H,4-5,12-14,16H2,1-3H3. The lowest BCUT2D eigenvalue weighted by atomic mass is 10.0. The molecule has 0 radical (unpaired) electrons. The van der Waals surface area contributed by atoms with Gasteiger partial charge in [0.15, 0.2) is 0 Å². The molecular formula is C26H29F3N2O4. The summed E-state index contributed by atoms with van der Waals surface area (Å²) in [5, 5.41) is 0. The number of alkyl halides is 3. The third-order valence-corrected chi connectivity index (χ3v) is 6.06. The molecule has 0 spiro atoms. The fourth-order valence-electron chi connectivity index (χ4n) is 4.39. The monoisotopic (exact) mass is 490 g/mol. The fraction of sp³-hybridized carbons (Fsp3) is 0.462. The van der Waals surface area contributed by atoms with Gasteiger partial charge in [-0.25, -0.2) is 4.79 Å². The third kappa shape index (κ3) is 5.71. The van der Waals surface area contributed by atoms with Gasteiger partial charge in [0.25, 0.3) is 0 Å². The van der Waals surface area contributed by atoms with E-state index in [9.17, 15) is 22.8 Å². The number of likely N-dealkylation sites (tertiary alicyclic amines) is 1. The van der Waals surface area contributed by atoms with E-state index in [2.05, 4.69) is 0 Å². The quantitative estimate of drug-likeness (QED) is 0.559. The summed E-state index contributed by atoms with van der Waals surface area (Å²) in [5.74, 6) is 0.469. The number of halogens is 3. The summed E-state index contributed by atoms with van der Waals surface area (Å²) in [6, 6.07) is 9.79. The van der Waals surface area contributed by atoms with Crippen molar-refractivity contribution in [1.29, 1.82) is 0 Å². The highest BCUT2D eigenvalue weighted by atomic mass is 19.4. The van der Waals surface area contributed by atoms with E-state index in [1.165, 1.54) is 17.0 Å². The number of carbonyl (C=O) groups excluding carboxylic acids is 2. The van der Waals surface area contributed by atoms with E-state index in [1.54, 1.807) is 37.8 Å². The Balaban J connectivity index is 1.53. The molecular weight excluding hydrogens is 461 g/mol. The average Bonchev–Trinajstić information content (AvgIpc) is 3.17. The summed E-state index contributed by atoms with van der Waals surface area (Å²) >= 11 is 0. The number of nitrogens with zero attached hydrogens (tertiary/aromatic N) is 2. The zero-order chi connectivity index (χ0) is 25.4. The van der Waals surface area contributed by atoms with Crippen molar-refractivity contribution in [3.05, 3.63) is 53.6 Å². The summed E-state index contributed by atoms with van der Waals surface area (Å²) in [6.07, 6.45) is -3.61. The van der Waals surface area contributed by atoms with E-state index in [-0.39, 0.29) is 12.5 Å². The van der Waals surface area contributed by atoms with Crippen molar-refractivity contribution in [2.45, 2.75) is 58.0 Å². The predicted octanol–water partition coefficient (Wildman–Crippen LogP) is 5.49. The lowest BCUT2D eigenvalue weighted by Gasteiger charge is -2.31. The first-order valence-corrected chi connectivity index (χ1v) is 11.6. The molecule has 0 saturated carbocycles. The highest BCUT2D eigenvalue weighted by Crippen LogP contribution is 2.33. The number of ether oxygens (including phenoxy) is 2. The highest BCUT2D eigenvalue weighted by Gasteiger charge is 2.39. The van der Waals surface area contributed by atoms with Crippen LogP contribution in [-0.2, 0) is 22.3 Å². The van der Waals surface area contributed by atoms with Crippen molar-refractivity contribution in [3.63, 3.8) is 0 Å². The molecule has 2 aromatic carbocycles. The van der Waals surface area contributed by atoms with Gasteiger partial charge in [0, 0.05) is 18.7 Å². The maximum absolute atomic E-state index is 13.4. The molecule has 2 aromatic rings. The number of rotatable bonds is 2. The van der Waals surface area contributed by atoms with Crippen LogP contribution in [0.15, 0.2) is 42.5 Å². The van der Waals surface area contributed by atoms with Gasteiger partial charge < -0.3 is 14.4 Å². The Kier molecular flexibility index (Phi) is 6.71. The van der Waals surface area contributed by atoms with Crippen LogP contribution < -0.4 is 4.74 Å². The van der Waals surface area contributed by atoms with Gasteiger partial charge >= 0.3 is 12.3 Å². The minimum Gasteiger partial charge on any atom is -0.491 e. The van der Waals surface area contributed by atoms with Crippen LogP contribution in [0.25, 0.3) is 11.1 Å². The lowest BCUT2D eigenvalue weighted by Crippen LogP contribution is -2.49. The normalized spacial score (nSPS) is 18.5. The molecule has 6 nitrogen and oxygen atoms in total. The van der Waals surface area contributed by atoms with Crippen LogP contribution in [0.2, 0.25) is 0 Å². The van der Waals surface area contributed by atoms with Gasteiger partial charge in [-0.2, -0.15) is 13.2 Å². The Morgan fingerprint density at radius 1 is 1.00 bits per heavy atom. The maximum atomic E-state index is 13.4. The molecule has 1 unspecified atom stereocenters. The molecule has 0 aliphatic carbocycles. The van der Waals surface area contributed by atoms with E-state index in [1.807, 2.05) is 6.07 Å². The van der Waals surface area contributed by atoms with Gasteiger partial charge in [-0.1, -0.05) is 18.2 Å². The van der Waals surface area contributed by atoms with Gasteiger partial charge in [0.1, 0.15) is 24.0 Å². The molecule has 1 saturated heterocycles. The zero-order valence-corrected chi connectivity index (χ0v) is 20.0. The molecule has 0 N–H and O–H groups in total. The molecule has 35 heavy (non-hydrogen) atoms. The molecule has 4 rings (SSSR count). The number of carbonyl (C=O) groups is 2. The number of fused-ring (bicyclic) bond motifs is 1. The van der Waals surface area contributed by atoms with Gasteiger partial charge in [-0.05, 0) is 69.0 Å². The largest absolute Gasteiger partial charge is 0.491 e. The van der Waals surface area contributed by atoms with Crippen LogP contribution in [-0.4, -0.2) is 53.1 Å². The van der Waals surface area contributed by atoms with E-state index in [4.69, 9.17) is 9.47 Å².